The van der Waals surface area contributed by atoms with Crippen LogP contribution in [-0.4, -0.2) is 36.7 Å². The lowest BCUT2D eigenvalue weighted by molar-refractivity contribution is -0.115. The monoisotopic (exact) mass is 457 g/mol. The van der Waals surface area contributed by atoms with Crippen molar-refractivity contribution in [2.75, 3.05) is 5.32 Å². The highest BCUT2D eigenvalue weighted by Crippen LogP contribution is 2.28. The van der Waals surface area contributed by atoms with Gasteiger partial charge in [0.25, 0.3) is 0 Å². The molecule has 0 saturated heterocycles. The van der Waals surface area contributed by atoms with Crippen LogP contribution in [0.5, 0.6) is 0 Å². The molecule has 7 nitrogen and oxygen atoms in total. The van der Waals surface area contributed by atoms with Crippen LogP contribution in [0.15, 0.2) is 84.3 Å². The first-order chi connectivity index (χ1) is 16.0. The number of hydrogen-bond acceptors (Lipinski definition) is 6. The van der Waals surface area contributed by atoms with Crippen molar-refractivity contribution >= 4 is 29.1 Å². The summed E-state index contributed by atoms with van der Waals surface area (Å²) in [6.45, 7) is 3.91. The molecule has 2 aromatic carbocycles. The van der Waals surface area contributed by atoms with Gasteiger partial charge in [-0.2, -0.15) is 0 Å². The number of nitrogens with one attached hydrogen (secondary N) is 1. The molecule has 4 rings (SSSR count). The van der Waals surface area contributed by atoms with Gasteiger partial charge in [0.2, 0.25) is 5.91 Å². The standard InChI is InChI=1S/C25H23N5O2S/c1-17(31)20-10-12-22(13-11-20)27-24(32)18(2)33-25-29-28-23(21-9-6-14-26-15-21)30(25)16-19-7-4-3-5-8-19/h3-15,18H,16H2,1-2H3,(H,27,32)/t18-/m1/s1. The van der Waals surface area contributed by atoms with Gasteiger partial charge in [-0.25, -0.2) is 0 Å². The summed E-state index contributed by atoms with van der Waals surface area (Å²) < 4.78 is 2.00. The second-order valence-corrected chi connectivity index (χ2v) is 8.81. The van der Waals surface area contributed by atoms with E-state index in [4.69, 9.17) is 0 Å². The fourth-order valence-electron chi connectivity index (χ4n) is 3.24. The Bertz CT molecular complexity index is 1240. The first-order valence-electron chi connectivity index (χ1n) is 10.5. The van der Waals surface area contributed by atoms with Crippen molar-refractivity contribution in [3.05, 3.63) is 90.3 Å². The average Bonchev–Trinajstić information content (AvgIpc) is 3.22. The highest BCUT2D eigenvalue weighted by Gasteiger charge is 2.21. The minimum Gasteiger partial charge on any atom is -0.325 e. The molecular formula is C25H23N5O2S. The summed E-state index contributed by atoms with van der Waals surface area (Å²) in [6.07, 6.45) is 3.47. The van der Waals surface area contributed by atoms with E-state index in [1.165, 1.54) is 18.7 Å². The van der Waals surface area contributed by atoms with Crippen LogP contribution in [0.2, 0.25) is 0 Å². The number of thioether (sulfide) groups is 1. The zero-order valence-corrected chi connectivity index (χ0v) is 19.1. The quantitative estimate of drug-likeness (QED) is 0.304. The van der Waals surface area contributed by atoms with E-state index in [9.17, 15) is 9.59 Å². The molecule has 0 saturated carbocycles. The van der Waals surface area contributed by atoms with Gasteiger partial charge in [-0.1, -0.05) is 42.1 Å². The summed E-state index contributed by atoms with van der Waals surface area (Å²) >= 11 is 1.34. The van der Waals surface area contributed by atoms with Crippen LogP contribution in [-0.2, 0) is 11.3 Å². The number of carbonyl (C=O) groups is 2. The van der Waals surface area contributed by atoms with Gasteiger partial charge >= 0.3 is 0 Å². The lowest BCUT2D eigenvalue weighted by atomic mass is 10.1. The lowest BCUT2D eigenvalue weighted by Gasteiger charge is -2.14. The summed E-state index contributed by atoms with van der Waals surface area (Å²) in [6, 6.07) is 20.7. The molecule has 1 N–H and O–H groups in total. The molecule has 8 heteroatoms. The molecule has 0 aliphatic rings. The van der Waals surface area contributed by atoms with Gasteiger partial charge in [0.1, 0.15) is 0 Å². The molecule has 4 aromatic rings. The van der Waals surface area contributed by atoms with Gasteiger partial charge < -0.3 is 5.32 Å². The van der Waals surface area contributed by atoms with E-state index < -0.39 is 5.25 Å². The first-order valence-corrected chi connectivity index (χ1v) is 11.4. The zero-order chi connectivity index (χ0) is 23.2. The highest BCUT2D eigenvalue weighted by atomic mass is 32.2. The number of aromatic nitrogens is 4. The third-order valence-corrected chi connectivity index (χ3v) is 6.11. The Morgan fingerprint density at radius 1 is 1.00 bits per heavy atom. The number of hydrogen-bond donors (Lipinski definition) is 1. The summed E-state index contributed by atoms with van der Waals surface area (Å²) in [5.74, 6) is 0.522. The molecular weight excluding hydrogens is 434 g/mol. The summed E-state index contributed by atoms with van der Waals surface area (Å²) in [5, 5.41) is 11.9. The predicted molar refractivity (Wildman–Crippen MR) is 129 cm³/mol. The molecule has 0 radical (unpaired) electrons. The number of nitrogens with zero attached hydrogens (tertiary/aromatic N) is 4. The molecule has 0 aliphatic heterocycles. The largest absolute Gasteiger partial charge is 0.325 e. The molecule has 0 aliphatic carbocycles. The minimum absolute atomic E-state index is 0.0148. The van der Waals surface area contributed by atoms with Crippen molar-refractivity contribution in [1.29, 1.82) is 0 Å². The van der Waals surface area contributed by atoms with E-state index in [2.05, 4.69) is 20.5 Å². The van der Waals surface area contributed by atoms with Gasteiger partial charge in [0.05, 0.1) is 11.8 Å². The van der Waals surface area contributed by atoms with Gasteiger partial charge in [0, 0.05) is 29.2 Å². The van der Waals surface area contributed by atoms with Crippen molar-refractivity contribution < 1.29 is 9.59 Å². The summed E-state index contributed by atoms with van der Waals surface area (Å²) in [7, 11) is 0. The second-order valence-electron chi connectivity index (χ2n) is 7.50. The van der Waals surface area contributed by atoms with Gasteiger partial charge in [0.15, 0.2) is 16.8 Å². The van der Waals surface area contributed by atoms with Crippen LogP contribution < -0.4 is 5.32 Å². The Hall–Kier alpha value is -3.78. The molecule has 1 atom stereocenters. The maximum absolute atomic E-state index is 12.8. The Morgan fingerprint density at radius 3 is 2.42 bits per heavy atom. The average molecular weight is 458 g/mol. The molecule has 2 aromatic heterocycles. The van der Waals surface area contributed by atoms with E-state index in [1.54, 1.807) is 36.7 Å². The second kappa shape index (κ2) is 10.2. The number of pyridine rings is 1. The van der Waals surface area contributed by atoms with Gasteiger partial charge in [-0.15, -0.1) is 10.2 Å². The number of rotatable bonds is 8. The fraction of sp³-hybridized carbons (Fsp3) is 0.160. The Kier molecular flexibility index (Phi) is 6.95. The maximum Gasteiger partial charge on any atom is 0.237 e. The van der Waals surface area contributed by atoms with E-state index >= 15 is 0 Å². The number of carbonyl (C=O) groups excluding carboxylic acids is 2. The number of ketones is 1. The number of Topliss-reactive ketones (excluding diaryl/α,β-unsaturated/α-hetero) is 1. The molecule has 1 amide bonds. The molecule has 33 heavy (non-hydrogen) atoms. The van der Waals surface area contributed by atoms with Gasteiger partial charge in [-0.3, -0.25) is 19.1 Å². The molecule has 0 unspecified atom stereocenters. The van der Waals surface area contributed by atoms with Crippen molar-refractivity contribution in [3.8, 4) is 11.4 Å². The summed E-state index contributed by atoms with van der Waals surface area (Å²) in [4.78, 5) is 28.5. The third kappa shape index (κ3) is 5.53. The van der Waals surface area contributed by atoms with Crippen LogP contribution in [0.1, 0.15) is 29.8 Å². The topological polar surface area (TPSA) is 89.8 Å². The van der Waals surface area contributed by atoms with Crippen LogP contribution in [0.25, 0.3) is 11.4 Å². The van der Waals surface area contributed by atoms with E-state index in [-0.39, 0.29) is 11.7 Å². The maximum atomic E-state index is 12.8. The van der Waals surface area contributed by atoms with E-state index in [1.807, 2.05) is 54.0 Å². The van der Waals surface area contributed by atoms with Crippen LogP contribution in [0.4, 0.5) is 5.69 Å². The number of benzene rings is 2. The number of anilines is 1. The lowest BCUT2D eigenvalue weighted by Crippen LogP contribution is -2.23. The Morgan fingerprint density at radius 2 is 1.76 bits per heavy atom. The Balaban J connectivity index is 1.54. The molecule has 166 valence electrons. The molecule has 0 spiro atoms. The van der Waals surface area contributed by atoms with Gasteiger partial charge in [-0.05, 0) is 55.8 Å². The van der Waals surface area contributed by atoms with Crippen molar-refractivity contribution in [1.82, 2.24) is 19.7 Å². The van der Waals surface area contributed by atoms with Crippen molar-refractivity contribution in [2.45, 2.75) is 30.8 Å². The SMILES string of the molecule is CC(=O)c1ccc(NC(=O)[C@@H](C)Sc2nnc(-c3cccnc3)n2Cc2ccccc2)cc1. The van der Waals surface area contributed by atoms with E-state index in [0.29, 0.717) is 28.8 Å². The zero-order valence-electron chi connectivity index (χ0n) is 18.3. The minimum atomic E-state index is -0.419. The molecule has 0 bridgehead atoms. The first kappa shape index (κ1) is 22.4. The fourth-order valence-corrected chi connectivity index (χ4v) is 4.09. The highest BCUT2D eigenvalue weighted by molar-refractivity contribution is 8.00. The smallest absolute Gasteiger partial charge is 0.237 e. The molecule has 0 fully saturated rings. The third-order valence-electron chi connectivity index (χ3n) is 5.03. The van der Waals surface area contributed by atoms with Crippen molar-refractivity contribution in [2.24, 2.45) is 0 Å². The van der Waals surface area contributed by atoms with E-state index in [0.717, 1.165) is 11.1 Å². The van der Waals surface area contributed by atoms with Crippen LogP contribution in [0.3, 0.4) is 0 Å². The van der Waals surface area contributed by atoms with Crippen molar-refractivity contribution in [3.63, 3.8) is 0 Å². The van der Waals surface area contributed by atoms with Crippen LogP contribution >= 0.6 is 11.8 Å². The number of amides is 1. The van der Waals surface area contributed by atoms with Crippen LogP contribution in [0, 0.1) is 0 Å². The normalized spacial score (nSPS) is 11.7. The Labute approximate surface area is 196 Å². The summed E-state index contributed by atoms with van der Waals surface area (Å²) in [5.41, 5.74) is 3.20. The molecule has 2 heterocycles. The predicted octanol–water partition coefficient (Wildman–Crippen LogP) is 4.71.